The highest BCUT2D eigenvalue weighted by Crippen LogP contribution is 2.49. The Labute approximate surface area is 482 Å². The zero-order valence-electron chi connectivity index (χ0n) is 56.1. The van der Waals surface area contributed by atoms with Crippen molar-refractivity contribution in [3.8, 4) is 0 Å². The molecule has 13 nitrogen and oxygen atoms in total. The maximum absolute atomic E-state index is 8.38. The lowest BCUT2D eigenvalue weighted by atomic mass is 10.4. The molecule has 0 heterocycles. The molecule has 3 unspecified atom stereocenters. The molecule has 0 aromatic carbocycles. The standard InChI is InChI=1S/C46H124O13Si16/c1-43(2)42-47-40-39-41-72(57-69(33,34)44(3)73(48-60(6,7)8,49-61(9,10)11)50-62(12,13)14,58-70(35,36)45(4)74(51-63(15,16)17,52-64(18,19)20)53-65(21,22)23)59-71(37,38)46(5)75(54-66(24,25)26,55-67(27,28)29)56-68(30,31)32/h44-46H,1,39-42H2,2-38H3. The van der Waals surface area contributed by atoms with Crippen molar-refractivity contribution in [1.82, 2.24) is 0 Å². The summed E-state index contributed by atoms with van der Waals surface area (Å²) in [6.07, 6.45) is 0.649. The largest absolute Gasteiger partial charge is 0.471 e. The summed E-state index contributed by atoms with van der Waals surface area (Å²) in [5.74, 6) is 0. The molecule has 0 aliphatic heterocycles. The molecule has 450 valence electrons. The SMILES string of the molecule is C=C(C)COCCC[Si](O[Si](C)(C)C(C)[Si](O[Si](C)(C)C)(O[Si](C)(C)C)O[Si](C)(C)C)(O[Si](C)(C)C(C)[Si](O[Si](C)(C)C)(O[Si](C)(C)C)O[Si](C)(C)C)O[Si](C)(C)C(C)[Si](O[Si](C)(C)C)(O[Si](C)(C)C)O[Si](C)(C)C. The van der Waals surface area contributed by atoms with Gasteiger partial charge in [0.15, 0.2) is 99.8 Å². The van der Waals surface area contributed by atoms with Gasteiger partial charge in [-0.3, -0.25) is 0 Å². The third kappa shape index (κ3) is 29.9. The monoisotopic (exact) mass is 1330 g/mol. The number of ether oxygens (including phenoxy) is 1. The third-order valence-corrected chi connectivity index (χ3v) is 73.3. The van der Waals surface area contributed by atoms with Crippen LogP contribution in [0.5, 0.6) is 0 Å². The molecular formula is C46H124O13Si16. The maximum atomic E-state index is 8.38. The lowest BCUT2D eigenvalue weighted by molar-refractivity contribution is 0.150. The van der Waals surface area contributed by atoms with E-state index in [-0.39, 0.29) is 15.5 Å². The van der Waals surface area contributed by atoms with E-state index >= 15 is 0 Å². The molecule has 0 amide bonds. The van der Waals surface area contributed by atoms with Gasteiger partial charge in [0.1, 0.15) is 0 Å². The van der Waals surface area contributed by atoms with Crippen LogP contribution in [0.15, 0.2) is 12.2 Å². The fraction of sp³-hybridized carbons (Fsp3) is 0.957. The summed E-state index contributed by atoms with van der Waals surface area (Å²) in [6.45, 7) is 89.0. The van der Waals surface area contributed by atoms with Gasteiger partial charge in [0.25, 0.3) is 0 Å². The Balaban J connectivity index is 9.46. The lowest BCUT2D eigenvalue weighted by Crippen LogP contribution is -2.72. The van der Waals surface area contributed by atoms with Gasteiger partial charge in [-0.05, 0) is 229 Å². The van der Waals surface area contributed by atoms with Crippen LogP contribution in [0, 0.1) is 0 Å². The molecule has 0 aromatic rings. The van der Waals surface area contributed by atoms with Crippen molar-refractivity contribution in [2.45, 2.75) is 272 Å². The van der Waals surface area contributed by atoms with Crippen LogP contribution in [0.4, 0.5) is 0 Å². The van der Waals surface area contributed by atoms with Crippen molar-refractivity contribution in [2.75, 3.05) is 13.2 Å². The van der Waals surface area contributed by atoms with Crippen molar-refractivity contribution in [3.05, 3.63) is 12.2 Å². The van der Waals surface area contributed by atoms with Crippen LogP contribution in [0.25, 0.3) is 0 Å². The van der Waals surface area contributed by atoms with Crippen molar-refractivity contribution in [2.24, 2.45) is 0 Å². The number of hydrogen-bond acceptors (Lipinski definition) is 13. The minimum absolute atomic E-state index is 0.193. The average molecular weight is 1330 g/mol. The van der Waals surface area contributed by atoms with E-state index in [0.29, 0.717) is 25.7 Å². The molecule has 0 fully saturated rings. The van der Waals surface area contributed by atoms with Gasteiger partial charge in [-0.15, -0.1) is 0 Å². The Hall–Kier alpha value is 2.69. The van der Waals surface area contributed by atoms with E-state index in [4.69, 9.17) is 54.1 Å². The summed E-state index contributed by atoms with van der Waals surface area (Å²) in [5, 5.41) is -0.579. The van der Waals surface area contributed by atoms with E-state index in [0.717, 1.165) is 5.57 Å². The quantitative estimate of drug-likeness (QED) is 0.0337. The molecule has 3 atom stereocenters. The second kappa shape index (κ2) is 26.9. The van der Waals surface area contributed by atoms with E-state index in [1.165, 1.54) is 0 Å². The van der Waals surface area contributed by atoms with Crippen molar-refractivity contribution in [3.63, 3.8) is 0 Å². The van der Waals surface area contributed by atoms with Crippen molar-refractivity contribution < 1.29 is 54.1 Å². The molecule has 0 saturated heterocycles. The van der Waals surface area contributed by atoms with Crippen LogP contribution < -0.4 is 0 Å². The van der Waals surface area contributed by atoms with Gasteiger partial charge in [-0.1, -0.05) is 32.9 Å². The van der Waals surface area contributed by atoms with Crippen LogP contribution in [-0.2, 0) is 54.1 Å². The van der Waals surface area contributed by atoms with Crippen LogP contribution in [-0.4, -0.2) is 148 Å². The summed E-state index contributed by atoms with van der Waals surface area (Å²) >= 11 is 0. The Morgan fingerprint density at radius 3 is 0.627 bits per heavy atom. The Morgan fingerprint density at radius 2 is 0.480 bits per heavy atom. The third-order valence-electron chi connectivity index (χ3n) is 11.1. The Morgan fingerprint density at radius 1 is 0.307 bits per heavy atom. The highest BCUT2D eigenvalue weighted by molar-refractivity contribution is 7.04. The van der Waals surface area contributed by atoms with Gasteiger partial charge in [0.05, 0.1) is 6.61 Å². The molecule has 29 heteroatoms. The summed E-state index contributed by atoms with van der Waals surface area (Å²) in [7, 11) is -44.6. The molecule has 0 aromatic heterocycles. The summed E-state index contributed by atoms with van der Waals surface area (Å²) in [4.78, 5) is 0. The second-order valence-electron chi connectivity index (χ2n) is 31.8. The molecule has 0 saturated carbocycles. The van der Waals surface area contributed by atoms with Crippen LogP contribution in [0.3, 0.4) is 0 Å². The highest BCUT2D eigenvalue weighted by atomic mass is 28.6. The molecule has 0 radical (unpaired) electrons. The minimum atomic E-state index is -3.98. The molecule has 0 aliphatic carbocycles. The average Bonchev–Trinajstić information content (AvgIpc) is 3.02. The first-order valence-corrected chi connectivity index (χ1v) is 75.0. The summed E-state index contributed by atoms with van der Waals surface area (Å²) in [6, 6.07) is 0.520. The van der Waals surface area contributed by atoms with E-state index in [1.807, 2.05) is 6.92 Å². The first-order valence-electron chi connectivity index (χ1n) is 28.0. The first kappa shape index (κ1) is 77.7. The summed E-state index contributed by atoms with van der Waals surface area (Å²) in [5.41, 5.74) is 0.977. The van der Waals surface area contributed by atoms with Crippen LogP contribution >= 0.6 is 0 Å². The van der Waals surface area contributed by atoms with E-state index < -0.39 is 135 Å². The molecule has 0 N–H and O–H groups in total. The molecular weight excluding hydrogens is 1210 g/mol. The van der Waals surface area contributed by atoms with Gasteiger partial charge in [-0.25, -0.2) is 0 Å². The van der Waals surface area contributed by atoms with Gasteiger partial charge >= 0.3 is 35.2 Å². The molecule has 0 aliphatic rings. The lowest BCUT2D eigenvalue weighted by Gasteiger charge is -2.54. The molecule has 75 heavy (non-hydrogen) atoms. The fourth-order valence-electron chi connectivity index (χ4n) is 8.42. The maximum Gasteiger partial charge on any atom is 0.471 e. The number of hydrogen-bond donors (Lipinski definition) is 0. The van der Waals surface area contributed by atoms with Gasteiger partial charge in [-0.2, -0.15) is 0 Å². The fourth-order valence-corrected chi connectivity index (χ4v) is 82.1. The van der Waals surface area contributed by atoms with Gasteiger partial charge in [0, 0.05) is 28.1 Å². The topological polar surface area (TPSA) is 120 Å². The van der Waals surface area contributed by atoms with Crippen molar-refractivity contribution in [1.29, 1.82) is 0 Å². The Bertz CT molecular complexity index is 1480. The smallest absolute Gasteiger partial charge is 0.417 e. The normalized spacial score (nSPS) is 17.5. The molecule has 0 bridgehead atoms. The number of rotatable bonds is 36. The van der Waals surface area contributed by atoms with Gasteiger partial charge < -0.3 is 54.1 Å². The highest BCUT2D eigenvalue weighted by Gasteiger charge is 2.68. The zero-order chi connectivity index (χ0) is 60.3. The predicted molar refractivity (Wildman–Crippen MR) is 362 cm³/mol. The second-order valence-corrected chi connectivity index (χ2v) is 102. The van der Waals surface area contributed by atoms with Crippen LogP contribution in [0.2, 0.25) is 238 Å². The molecule has 0 rings (SSSR count). The Kier molecular flexibility index (Phi) is 27.9. The van der Waals surface area contributed by atoms with Crippen LogP contribution in [0.1, 0.15) is 34.1 Å². The zero-order valence-corrected chi connectivity index (χ0v) is 72.1. The van der Waals surface area contributed by atoms with E-state index in [9.17, 15) is 0 Å². The van der Waals surface area contributed by atoms with E-state index in [1.54, 1.807) is 0 Å². The summed E-state index contributed by atoms with van der Waals surface area (Å²) < 4.78 is 99.3. The van der Waals surface area contributed by atoms with E-state index in [2.05, 4.69) is 243 Å². The predicted octanol–water partition coefficient (Wildman–Crippen LogP) is 16.8. The van der Waals surface area contributed by atoms with Gasteiger partial charge in [0.2, 0.25) is 0 Å². The minimum Gasteiger partial charge on any atom is -0.417 e. The first-order chi connectivity index (χ1) is 32.4. The molecule has 0 spiro atoms. The van der Waals surface area contributed by atoms with Crippen molar-refractivity contribution >= 4 is 135 Å².